The molecule has 0 fully saturated rings. The smallest absolute Gasteiger partial charge is 0.191 e. The Morgan fingerprint density at radius 1 is 1.23 bits per heavy atom. The number of aliphatic imine (C=N–C) groups is 1. The Bertz CT molecular complexity index is 788. The van der Waals surface area contributed by atoms with Crippen LogP contribution in [-0.4, -0.2) is 39.9 Å². The van der Waals surface area contributed by atoms with Gasteiger partial charge in [0.1, 0.15) is 12.4 Å². The van der Waals surface area contributed by atoms with Crippen LogP contribution in [0, 0.1) is 0 Å². The van der Waals surface area contributed by atoms with E-state index in [1.54, 1.807) is 20.5 Å². The average Bonchev–Trinajstić information content (AvgIpc) is 3.27. The van der Waals surface area contributed by atoms with Crippen LogP contribution in [0.1, 0.15) is 30.2 Å². The van der Waals surface area contributed by atoms with Gasteiger partial charge in [0.15, 0.2) is 17.5 Å². The lowest BCUT2D eigenvalue weighted by molar-refractivity contribution is 0.105. The van der Waals surface area contributed by atoms with Crippen LogP contribution in [0.4, 0.5) is 0 Å². The number of guanidine groups is 1. The standard InChI is InChI=1S/C23H33N3O4/c1-5-9-19-14-18(15-21(27-3)22(19)28-4)16-26-23(24-6-2)25-11-8-12-29-17-20-10-7-13-30-20/h5,7,10,13-15H,1,6,8-9,11-12,16-17H2,2-4H3,(H2,24,25,26). The van der Waals surface area contributed by atoms with Gasteiger partial charge in [0.25, 0.3) is 0 Å². The fraction of sp³-hybridized carbons (Fsp3) is 0.435. The fourth-order valence-corrected chi connectivity index (χ4v) is 2.97. The monoisotopic (exact) mass is 415 g/mol. The summed E-state index contributed by atoms with van der Waals surface area (Å²) in [6.45, 7) is 9.08. The molecule has 164 valence electrons. The molecule has 0 unspecified atom stereocenters. The number of ether oxygens (including phenoxy) is 3. The molecular weight excluding hydrogens is 382 g/mol. The van der Waals surface area contributed by atoms with Crippen molar-refractivity contribution < 1.29 is 18.6 Å². The number of hydrogen-bond donors (Lipinski definition) is 2. The molecule has 1 aromatic carbocycles. The van der Waals surface area contributed by atoms with Crippen molar-refractivity contribution in [2.45, 2.75) is 32.9 Å². The normalized spacial score (nSPS) is 11.2. The Hall–Kier alpha value is -2.93. The molecule has 0 aliphatic rings. The summed E-state index contributed by atoms with van der Waals surface area (Å²) in [6, 6.07) is 7.81. The van der Waals surface area contributed by atoms with E-state index in [9.17, 15) is 0 Å². The van der Waals surface area contributed by atoms with E-state index in [0.717, 1.165) is 48.1 Å². The molecule has 0 amide bonds. The molecule has 2 rings (SSSR count). The summed E-state index contributed by atoms with van der Waals surface area (Å²) in [5.74, 6) is 3.05. The first-order valence-electron chi connectivity index (χ1n) is 10.2. The summed E-state index contributed by atoms with van der Waals surface area (Å²) in [5, 5.41) is 6.61. The molecule has 2 aromatic rings. The zero-order valence-electron chi connectivity index (χ0n) is 18.2. The minimum absolute atomic E-state index is 0.494. The van der Waals surface area contributed by atoms with E-state index >= 15 is 0 Å². The third kappa shape index (κ3) is 7.48. The molecule has 7 heteroatoms. The number of nitrogens with zero attached hydrogens (tertiary/aromatic N) is 1. The van der Waals surface area contributed by atoms with Gasteiger partial charge in [-0.1, -0.05) is 6.08 Å². The van der Waals surface area contributed by atoms with E-state index in [0.29, 0.717) is 31.9 Å². The summed E-state index contributed by atoms with van der Waals surface area (Å²) in [5.41, 5.74) is 2.08. The number of nitrogens with one attached hydrogen (secondary N) is 2. The quantitative estimate of drug-likeness (QED) is 0.225. The van der Waals surface area contributed by atoms with Crippen LogP contribution in [0.25, 0.3) is 0 Å². The molecule has 1 aromatic heterocycles. The number of allylic oxidation sites excluding steroid dienone is 1. The predicted molar refractivity (Wildman–Crippen MR) is 119 cm³/mol. The van der Waals surface area contributed by atoms with Crippen molar-refractivity contribution in [2.75, 3.05) is 33.9 Å². The maximum atomic E-state index is 5.60. The molecule has 2 N–H and O–H groups in total. The van der Waals surface area contributed by atoms with Crippen LogP contribution in [0.15, 0.2) is 52.6 Å². The van der Waals surface area contributed by atoms with Crippen molar-refractivity contribution in [1.82, 2.24) is 10.6 Å². The van der Waals surface area contributed by atoms with Gasteiger partial charge in [0.05, 0.1) is 27.0 Å². The molecule has 7 nitrogen and oxygen atoms in total. The van der Waals surface area contributed by atoms with Crippen LogP contribution in [0.3, 0.4) is 0 Å². The van der Waals surface area contributed by atoms with Crippen molar-refractivity contribution in [3.8, 4) is 11.5 Å². The number of benzene rings is 1. The van der Waals surface area contributed by atoms with Crippen molar-refractivity contribution in [1.29, 1.82) is 0 Å². The highest BCUT2D eigenvalue weighted by Gasteiger charge is 2.11. The van der Waals surface area contributed by atoms with Crippen LogP contribution < -0.4 is 20.1 Å². The Kier molecular flexibility index (Phi) is 10.4. The molecular formula is C23H33N3O4. The van der Waals surface area contributed by atoms with Crippen molar-refractivity contribution in [2.24, 2.45) is 4.99 Å². The number of hydrogen-bond acceptors (Lipinski definition) is 5. The molecule has 0 spiro atoms. The van der Waals surface area contributed by atoms with E-state index in [4.69, 9.17) is 23.6 Å². The van der Waals surface area contributed by atoms with Gasteiger partial charge in [0.2, 0.25) is 0 Å². The molecule has 30 heavy (non-hydrogen) atoms. The second kappa shape index (κ2) is 13.3. The largest absolute Gasteiger partial charge is 0.493 e. The number of furan rings is 1. The SMILES string of the molecule is C=CCc1cc(CN=C(NCC)NCCCOCc2ccco2)cc(OC)c1OC. The summed E-state index contributed by atoms with van der Waals surface area (Å²) in [6.07, 6.45) is 5.07. The van der Waals surface area contributed by atoms with Gasteiger partial charge in [-0.25, -0.2) is 4.99 Å². The van der Waals surface area contributed by atoms with Gasteiger partial charge in [0, 0.05) is 25.3 Å². The third-order valence-corrected chi connectivity index (χ3v) is 4.33. The third-order valence-electron chi connectivity index (χ3n) is 4.33. The minimum Gasteiger partial charge on any atom is -0.493 e. The van der Waals surface area contributed by atoms with E-state index in [1.165, 1.54) is 0 Å². The van der Waals surface area contributed by atoms with E-state index < -0.39 is 0 Å². The van der Waals surface area contributed by atoms with Crippen LogP contribution >= 0.6 is 0 Å². The van der Waals surface area contributed by atoms with Gasteiger partial charge in [-0.15, -0.1) is 6.58 Å². The van der Waals surface area contributed by atoms with Gasteiger partial charge in [-0.05, 0) is 49.6 Å². The fourth-order valence-electron chi connectivity index (χ4n) is 2.97. The predicted octanol–water partition coefficient (Wildman–Crippen LogP) is 3.69. The summed E-state index contributed by atoms with van der Waals surface area (Å²) in [4.78, 5) is 4.69. The first-order valence-corrected chi connectivity index (χ1v) is 10.2. The highest BCUT2D eigenvalue weighted by atomic mass is 16.5. The van der Waals surface area contributed by atoms with Crippen LogP contribution in [0.5, 0.6) is 11.5 Å². The maximum Gasteiger partial charge on any atom is 0.191 e. The zero-order chi connectivity index (χ0) is 21.6. The molecule has 0 saturated heterocycles. The van der Waals surface area contributed by atoms with E-state index in [1.807, 2.05) is 31.2 Å². The second-order valence-corrected chi connectivity index (χ2v) is 6.59. The van der Waals surface area contributed by atoms with Crippen molar-refractivity contribution in [3.05, 3.63) is 60.1 Å². The average molecular weight is 416 g/mol. The van der Waals surface area contributed by atoms with Crippen LogP contribution in [0.2, 0.25) is 0 Å². The minimum atomic E-state index is 0.494. The van der Waals surface area contributed by atoms with Crippen molar-refractivity contribution >= 4 is 5.96 Å². The van der Waals surface area contributed by atoms with E-state index in [-0.39, 0.29) is 0 Å². The maximum absolute atomic E-state index is 5.60. The van der Waals surface area contributed by atoms with Gasteiger partial charge >= 0.3 is 0 Å². The van der Waals surface area contributed by atoms with Crippen molar-refractivity contribution in [3.63, 3.8) is 0 Å². The van der Waals surface area contributed by atoms with Gasteiger partial charge in [-0.2, -0.15) is 0 Å². The molecule has 0 bridgehead atoms. The molecule has 0 saturated carbocycles. The summed E-state index contributed by atoms with van der Waals surface area (Å²) in [7, 11) is 3.29. The highest BCUT2D eigenvalue weighted by Crippen LogP contribution is 2.33. The number of methoxy groups -OCH3 is 2. The molecule has 0 aliphatic heterocycles. The Balaban J connectivity index is 1.89. The molecule has 0 radical (unpaired) electrons. The zero-order valence-corrected chi connectivity index (χ0v) is 18.2. The second-order valence-electron chi connectivity index (χ2n) is 6.59. The first-order chi connectivity index (χ1) is 14.7. The molecule has 0 aliphatic carbocycles. The Labute approximate surface area is 179 Å². The topological polar surface area (TPSA) is 77.3 Å². The lowest BCUT2D eigenvalue weighted by atomic mass is 10.1. The molecule has 0 atom stereocenters. The first kappa shape index (κ1) is 23.3. The lowest BCUT2D eigenvalue weighted by Crippen LogP contribution is -2.38. The summed E-state index contributed by atoms with van der Waals surface area (Å²) < 4.78 is 21.8. The molecule has 1 heterocycles. The summed E-state index contributed by atoms with van der Waals surface area (Å²) >= 11 is 0. The highest BCUT2D eigenvalue weighted by molar-refractivity contribution is 5.79. The van der Waals surface area contributed by atoms with Gasteiger partial charge in [-0.3, -0.25) is 0 Å². The van der Waals surface area contributed by atoms with Gasteiger partial charge < -0.3 is 29.3 Å². The lowest BCUT2D eigenvalue weighted by Gasteiger charge is -2.15. The Morgan fingerprint density at radius 3 is 2.77 bits per heavy atom. The van der Waals surface area contributed by atoms with Crippen LogP contribution in [-0.2, 0) is 24.3 Å². The van der Waals surface area contributed by atoms with E-state index in [2.05, 4.69) is 23.3 Å². The Morgan fingerprint density at radius 2 is 2.10 bits per heavy atom. The number of rotatable bonds is 13.